The van der Waals surface area contributed by atoms with Crippen LogP contribution in [-0.2, 0) is 10.0 Å². The lowest BCUT2D eigenvalue weighted by molar-refractivity contribution is 0.0656. The molecule has 0 aliphatic carbocycles. The fraction of sp³-hybridized carbons (Fsp3) is 0. The predicted molar refractivity (Wildman–Crippen MR) is 68.4 cm³/mol. The summed E-state index contributed by atoms with van der Waals surface area (Å²) in [6.07, 6.45) is 2.83. The molecule has 9 heteroatoms. The van der Waals surface area contributed by atoms with Crippen LogP contribution in [-0.4, -0.2) is 24.5 Å². The van der Waals surface area contributed by atoms with Gasteiger partial charge in [0.1, 0.15) is 0 Å². The second-order valence-electron chi connectivity index (χ2n) is 3.38. The number of anilines is 1. The maximum Gasteiger partial charge on any atom is 0.371 e. The van der Waals surface area contributed by atoms with E-state index in [0.29, 0.717) is 4.47 Å². The summed E-state index contributed by atoms with van der Waals surface area (Å²) in [7, 11) is -3.99. The van der Waals surface area contributed by atoms with Crippen molar-refractivity contribution in [3.05, 3.63) is 40.8 Å². The molecule has 0 aliphatic heterocycles. The summed E-state index contributed by atoms with van der Waals surface area (Å²) >= 11 is 3.14. The maximum absolute atomic E-state index is 12.0. The molecule has 0 unspecified atom stereocenters. The van der Waals surface area contributed by atoms with E-state index in [-0.39, 0.29) is 5.69 Å². The fourth-order valence-electron chi connectivity index (χ4n) is 1.23. The average Bonchev–Trinajstić information content (AvgIpc) is 2.82. The topological polar surface area (TPSA) is 110 Å². The number of sulfonamides is 1. The van der Waals surface area contributed by atoms with Crippen molar-refractivity contribution >= 4 is 37.6 Å². The van der Waals surface area contributed by atoms with Crippen molar-refractivity contribution < 1.29 is 22.7 Å². The molecular weight excluding hydrogens is 340 g/mol. The number of rotatable bonds is 4. The van der Waals surface area contributed by atoms with Crippen molar-refractivity contribution in [1.29, 1.82) is 0 Å². The monoisotopic (exact) mass is 346 g/mol. The third kappa shape index (κ3) is 2.93. The van der Waals surface area contributed by atoms with E-state index < -0.39 is 26.8 Å². The van der Waals surface area contributed by atoms with Crippen LogP contribution in [0.1, 0.15) is 10.6 Å². The van der Waals surface area contributed by atoms with Gasteiger partial charge >= 0.3 is 5.97 Å². The molecule has 0 saturated heterocycles. The van der Waals surface area contributed by atoms with Crippen molar-refractivity contribution in [2.75, 3.05) is 4.72 Å². The first kappa shape index (κ1) is 13.6. The van der Waals surface area contributed by atoms with Crippen LogP contribution in [0.3, 0.4) is 0 Å². The number of pyridine rings is 1. The van der Waals surface area contributed by atoms with Gasteiger partial charge in [0.05, 0.1) is 10.2 Å². The van der Waals surface area contributed by atoms with Crippen LogP contribution in [0.4, 0.5) is 5.69 Å². The van der Waals surface area contributed by atoms with Crippen molar-refractivity contribution in [1.82, 2.24) is 4.98 Å². The number of hydrogen-bond acceptors (Lipinski definition) is 5. The Balaban J connectivity index is 2.32. The van der Waals surface area contributed by atoms with E-state index in [2.05, 4.69) is 25.6 Å². The van der Waals surface area contributed by atoms with E-state index in [1.165, 1.54) is 18.5 Å². The van der Waals surface area contributed by atoms with Crippen molar-refractivity contribution in [3.8, 4) is 0 Å². The van der Waals surface area contributed by atoms with Crippen molar-refractivity contribution in [3.63, 3.8) is 0 Å². The van der Waals surface area contributed by atoms with Gasteiger partial charge in [-0.15, -0.1) is 0 Å². The largest absolute Gasteiger partial charge is 0.475 e. The van der Waals surface area contributed by atoms with E-state index in [0.717, 1.165) is 12.1 Å². The van der Waals surface area contributed by atoms with Gasteiger partial charge in [-0.05, 0) is 34.1 Å². The molecule has 2 aromatic rings. The number of hydrogen-bond donors (Lipinski definition) is 2. The minimum absolute atomic E-state index is 0.267. The number of carbonyl (C=O) groups is 1. The Morgan fingerprint density at radius 2 is 2.11 bits per heavy atom. The number of aromatic carboxylic acids is 1. The van der Waals surface area contributed by atoms with Gasteiger partial charge in [0, 0.05) is 12.4 Å². The predicted octanol–water partition coefficient (Wildman–Crippen LogP) is 1.94. The van der Waals surface area contributed by atoms with E-state index in [4.69, 9.17) is 9.52 Å². The number of furan rings is 1. The van der Waals surface area contributed by atoms with Gasteiger partial charge in [0.2, 0.25) is 10.9 Å². The first-order chi connectivity index (χ1) is 8.90. The normalized spacial score (nSPS) is 11.2. The van der Waals surface area contributed by atoms with Crippen LogP contribution in [0.5, 0.6) is 0 Å². The molecule has 100 valence electrons. The molecule has 0 aliphatic rings. The standard InChI is InChI=1S/C10H7BrN2O5S/c11-6-5-12-4-3-7(6)13-19(16,17)9-2-1-8(18-9)10(14)15/h1-5H,(H,12,13)(H,14,15). The number of aromatic nitrogens is 1. The molecule has 0 bridgehead atoms. The fourth-order valence-corrected chi connectivity index (χ4v) is 2.73. The van der Waals surface area contributed by atoms with Crippen LogP contribution in [0.25, 0.3) is 0 Å². The molecule has 2 heterocycles. The van der Waals surface area contributed by atoms with E-state index >= 15 is 0 Å². The highest BCUT2D eigenvalue weighted by atomic mass is 79.9. The first-order valence-corrected chi connectivity index (χ1v) is 7.13. The van der Waals surface area contributed by atoms with Crippen LogP contribution < -0.4 is 4.72 Å². The Morgan fingerprint density at radius 1 is 1.37 bits per heavy atom. The number of carboxylic acids is 1. The molecule has 0 atom stereocenters. The maximum atomic E-state index is 12.0. The number of carboxylic acid groups (broad SMARTS) is 1. The highest BCUT2D eigenvalue weighted by Gasteiger charge is 2.21. The highest BCUT2D eigenvalue weighted by molar-refractivity contribution is 9.10. The molecule has 2 aromatic heterocycles. The summed E-state index contributed by atoms with van der Waals surface area (Å²) in [4.78, 5) is 14.4. The zero-order chi connectivity index (χ0) is 14.0. The van der Waals surface area contributed by atoms with E-state index in [9.17, 15) is 13.2 Å². The number of nitrogens with one attached hydrogen (secondary N) is 1. The Bertz CT molecular complexity index is 725. The molecule has 2 rings (SSSR count). The second kappa shape index (κ2) is 5.02. The molecule has 0 radical (unpaired) electrons. The van der Waals surface area contributed by atoms with Crippen molar-refractivity contribution in [2.45, 2.75) is 5.09 Å². The molecule has 7 nitrogen and oxygen atoms in total. The average molecular weight is 347 g/mol. The highest BCUT2D eigenvalue weighted by Crippen LogP contribution is 2.24. The van der Waals surface area contributed by atoms with Gasteiger partial charge in [0.25, 0.3) is 10.0 Å². The quantitative estimate of drug-likeness (QED) is 0.875. The third-order valence-electron chi connectivity index (χ3n) is 2.07. The lowest BCUT2D eigenvalue weighted by Gasteiger charge is -2.06. The second-order valence-corrected chi connectivity index (χ2v) is 5.85. The zero-order valence-electron chi connectivity index (χ0n) is 9.20. The van der Waals surface area contributed by atoms with Crippen LogP contribution in [0.2, 0.25) is 0 Å². The molecule has 0 aromatic carbocycles. The Labute approximate surface area is 116 Å². The minimum Gasteiger partial charge on any atom is -0.475 e. The van der Waals surface area contributed by atoms with Gasteiger partial charge in [-0.25, -0.2) is 4.79 Å². The molecular formula is C10H7BrN2O5S. The third-order valence-corrected chi connectivity index (χ3v) is 3.94. The Kier molecular flexibility index (Phi) is 3.58. The molecule has 0 amide bonds. The molecule has 0 saturated carbocycles. The van der Waals surface area contributed by atoms with Gasteiger partial charge in [-0.3, -0.25) is 9.71 Å². The van der Waals surface area contributed by atoms with Gasteiger partial charge in [-0.1, -0.05) is 0 Å². The van der Waals surface area contributed by atoms with Crippen molar-refractivity contribution in [2.24, 2.45) is 0 Å². The summed E-state index contributed by atoms with van der Waals surface area (Å²) in [5.74, 6) is -1.79. The van der Waals surface area contributed by atoms with E-state index in [1.807, 2.05) is 0 Å². The summed E-state index contributed by atoms with van der Waals surface area (Å²) < 4.78 is 31.3. The number of nitrogens with zero attached hydrogens (tertiary/aromatic N) is 1. The molecule has 0 spiro atoms. The summed E-state index contributed by atoms with van der Waals surface area (Å²) in [5, 5.41) is 8.19. The zero-order valence-corrected chi connectivity index (χ0v) is 11.6. The lowest BCUT2D eigenvalue weighted by atomic mass is 10.4. The minimum atomic E-state index is -3.99. The Hall–Kier alpha value is -1.87. The summed E-state index contributed by atoms with van der Waals surface area (Å²) in [6.45, 7) is 0. The molecule has 2 N–H and O–H groups in total. The van der Waals surface area contributed by atoms with Crippen LogP contribution >= 0.6 is 15.9 Å². The van der Waals surface area contributed by atoms with Gasteiger partial charge in [0.15, 0.2) is 0 Å². The van der Waals surface area contributed by atoms with Crippen LogP contribution in [0.15, 0.2) is 44.6 Å². The Morgan fingerprint density at radius 3 is 2.68 bits per heavy atom. The van der Waals surface area contributed by atoms with Crippen LogP contribution in [0, 0.1) is 0 Å². The van der Waals surface area contributed by atoms with Gasteiger partial charge < -0.3 is 9.52 Å². The van der Waals surface area contributed by atoms with E-state index in [1.54, 1.807) is 0 Å². The molecule has 0 fully saturated rings. The van der Waals surface area contributed by atoms with Gasteiger partial charge in [-0.2, -0.15) is 8.42 Å². The smallest absolute Gasteiger partial charge is 0.371 e. The number of halogens is 1. The first-order valence-electron chi connectivity index (χ1n) is 4.85. The molecule has 19 heavy (non-hydrogen) atoms. The SMILES string of the molecule is O=C(O)c1ccc(S(=O)(=O)Nc2ccncc2Br)o1. The lowest BCUT2D eigenvalue weighted by Crippen LogP contribution is -2.12. The summed E-state index contributed by atoms with van der Waals surface area (Å²) in [5.41, 5.74) is 0.267. The summed E-state index contributed by atoms with van der Waals surface area (Å²) in [6, 6.07) is 3.59.